The number of rotatable bonds is 6. The van der Waals surface area contributed by atoms with Gasteiger partial charge in [-0.05, 0) is 35.6 Å². The maximum atomic E-state index is 12.7. The summed E-state index contributed by atoms with van der Waals surface area (Å²) in [5, 5.41) is 2.31. The van der Waals surface area contributed by atoms with Crippen LogP contribution in [0.5, 0.6) is 0 Å². The molecule has 0 radical (unpaired) electrons. The van der Waals surface area contributed by atoms with E-state index in [0.717, 1.165) is 16.7 Å². The summed E-state index contributed by atoms with van der Waals surface area (Å²) in [6.07, 6.45) is 2.08. The number of hydrogen-bond acceptors (Lipinski definition) is 4. The van der Waals surface area contributed by atoms with Crippen LogP contribution in [-0.4, -0.2) is 34.4 Å². The first-order valence-electron chi connectivity index (χ1n) is 9.83. The standard InChI is InChI=1S/C23H22N2O4/c26-18(13-15-4-2-1-3-5-15)8-6-16-7-9-19-17(12-16)14-25(23(19)29)20-10-11-21(27)24-22(20)28/h1-5,7,9,12,20H,6,8,10-11,13-14H2,(H,24,27,28). The predicted octanol–water partition coefficient (Wildman–Crippen LogP) is 2.19. The van der Waals surface area contributed by atoms with Crippen LogP contribution in [-0.2, 0) is 33.8 Å². The summed E-state index contributed by atoms with van der Waals surface area (Å²) in [7, 11) is 0. The summed E-state index contributed by atoms with van der Waals surface area (Å²) in [4.78, 5) is 50.0. The fourth-order valence-corrected chi connectivity index (χ4v) is 3.98. The number of carbonyl (C=O) groups excluding carboxylic acids is 4. The Balaban J connectivity index is 1.39. The molecule has 0 bridgehead atoms. The van der Waals surface area contributed by atoms with Crippen molar-refractivity contribution in [2.24, 2.45) is 0 Å². The first-order chi connectivity index (χ1) is 14.0. The van der Waals surface area contributed by atoms with Gasteiger partial charge in [0.15, 0.2) is 0 Å². The minimum absolute atomic E-state index is 0.179. The Labute approximate surface area is 168 Å². The van der Waals surface area contributed by atoms with E-state index in [-0.39, 0.29) is 24.0 Å². The number of Topliss-reactive ketones (excluding diaryl/α,β-unsaturated/α-hetero) is 1. The molecule has 0 aliphatic carbocycles. The zero-order valence-electron chi connectivity index (χ0n) is 16.0. The molecule has 1 atom stereocenters. The Hall–Kier alpha value is -3.28. The Bertz CT molecular complexity index is 984. The summed E-state index contributed by atoms with van der Waals surface area (Å²) in [6.45, 7) is 0.353. The topological polar surface area (TPSA) is 83.6 Å². The fourth-order valence-electron chi connectivity index (χ4n) is 3.98. The first kappa shape index (κ1) is 19.1. The highest BCUT2D eigenvalue weighted by molar-refractivity contribution is 6.05. The van der Waals surface area contributed by atoms with Gasteiger partial charge in [-0.2, -0.15) is 0 Å². The second kappa shape index (κ2) is 7.99. The quantitative estimate of drug-likeness (QED) is 0.767. The Morgan fingerprint density at radius 1 is 1.03 bits per heavy atom. The number of fused-ring (bicyclic) bond motifs is 1. The van der Waals surface area contributed by atoms with Crippen LogP contribution in [0.4, 0.5) is 0 Å². The Kier molecular flexibility index (Phi) is 5.25. The van der Waals surface area contributed by atoms with Crippen LogP contribution < -0.4 is 5.32 Å². The zero-order valence-corrected chi connectivity index (χ0v) is 16.0. The van der Waals surface area contributed by atoms with E-state index in [1.165, 1.54) is 4.90 Å². The molecule has 0 saturated carbocycles. The molecule has 1 saturated heterocycles. The highest BCUT2D eigenvalue weighted by Gasteiger charge is 2.38. The SMILES string of the molecule is O=C(CCc1ccc2c(c1)CN(C1CCC(=O)NC1=O)C2=O)Cc1ccccc1. The van der Waals surface area contributed by atoms with E-state index < -0.39 is 11.9 Å². The van der Waals surface area contributed by atoms with E-state index in [4.69, 9.17) is 0 Å². The van der Waals surface area contributed by atoms with Gasteiger partial charge in [0.05, 0.1) is 0 Å². The van der Waals surface area contributed by atoms with Gasteiger partial charge in [-0.25, -0.2) is 0 Å². The number of amides is 3. The molecule has 2 aliphatic rings. The summed E-state index contributed by atoms with van der Waals surface area (Å²) in [5.74, 6) is -0.703. The molecule has 0 aromatic heterocycles. The molecule has 1 fully saturated rings. The predicted molar refractivity (Wildman–Crippen MR) is 106 cm³/mol. The molecule has 0 spiro atoms. The zero-order chi connectivity index (χ0) is 20.4. The molecule has 1 N–H and O–H groups in total. The fraction of sp³-hybridized carbons (Fsp3) is 0.304. The number of benzene rings is 2. The van der Waals surface area contributed by atoms with Crippen molar-refractivity contribution < 1.29 is 19.2 Å². The maximum Gasteiger partial charge on any atom is 0.255 e. The minimum atomic E-state index is -0.608. The van der Waals surface area contributed by atoms with Gasteiger partial charge in [-0.1, -0.05) is 42.5 Å². The van der Waals surface area contributed by atoms with Crippen LogP contribution in [0, 0.1) is 0 Å². The molecule has 6 heteroatoms. The normalized spacial score (nSPS) is 18.6. The molecule has 4 rings (SSSR count). The van der Waals surface area contributed by atoms with Gasteiger partial charge >= 0.3 is 0 Å². The van der Waals surface area contributed by atoms with Crippen LogP contribution in [0.1, 0.15) is 46.3 Å². The van der Waals surface area contributed by atoms with Crippen LogP contribution in [0.3, 0.4) is 0 Å². The summed E-state index contributed by atoms with van der Waals surface area (Å²) in [6, 6.07) is 14.7. The third-order valence-electron chi connectivity index (χ3n) is 5.52. The van der Waals surface area contributed by atoms with Gasteiger partial charge in [0.25, 0.3) is 5.91 Å². The van der Waals surface area contributed by atoms with Crippen LogP contribution in [0.2, 0.25) is 0 Å². The highest BCUT2D eigenvalue weighted by Crippen LogP contribution is 2.28. The number of ketones is 1. The molecular formula is C23H22N2O4. The van der Waals surface area contributed by atoms with Crippen LogP contribution in [0.15, 0.2) is 48.5 Å². The number of imide groups is 1. The van der Waals surface area contributed by atoms with E-state index in [1.54, 1.807) is 6.07 Å². The number of nitrogens with zero attached hydrogens (tertiary/aromatic N) is 1. The van der Waals surface area contributed by atoms with Crippen molar-refractivity contribution >= 4 is 23.5 Å². The van der Waals surface area contributed by atoms with Crippen LogP contribution in [0.25, 0.3) is 0 Å². The monoisotopic (exact) mass is 390 g/mol. The Morgan fingerprint density at radius 2 is 1.83 bits per heavy atom. The number of aryl methyl sites for hydroxylation is 1. The van der Waals surface area contributed by atoms with Crippen LogP contribution >= 0.6 is 0 Å². The lowest BCUT2D eigenvalue weighted by Gasteiger charge is -2.29. The lowest BCUT2D eigenvalue weighted by atomic mass is 10.00. The molecule has 1 unspecified atom stereocenters. The smallest absolute Gasteiger partial charge is 0.255 e. The molecule has 2 aromatic carbocycles. The van der Waals surface area contributed by atoms with E-state index >= 15 is 0 Å². The summed E-state index contributed by atoms with van der Waals surface area (Å²) >= 11 is 0. The number of carbonyl (C=O) groups is 4. The minimum Gasteiger partial charge on any atom is -0.322 e. The molecule has 2 heterocycles. The lowest BCUT2D eigenvalue weighted by molar-refractivity contribution is -0.137. The van der Waals surface area contributed by atoms with E-state index in [9.17, 15) is 19.2 Å². The average molecular weight is 390 g/mol. The van der Waals surface area contributed by atoms with Gasteiger partial charge in [0.2, 0.25) is 11.8 Å². The van der Waals surface area contributed by atoms with Gasteiger partial charge < -0.3 is 4.90 Å². The van der Waals surface area contributed by atoms with Crippen molar-refractivity contribution in [3.63, 3.8) is 0 Å². The molecule has 6 nitrogen and oxygen atoms in total. The van der Waals surface area contributed by atoms with Gasteiger partial charge in [0, 0.05) is 31.4 Å². The number of piperidine rings is 1. The molecule has 29 heavy (non-hydrogen) atoms. The van der Waals surface area contributed by atoms with Crippen molar-refractivity contribution in [2.45, 2.75) is 44.7 Å². The second-order valence-electron chi connectivity index (χ2n) is 7.59. The Morgan fingerprint density at radius 3 is 2.59 bits per heavy atom. The van der Waals surface area contributed by atoms with Crippen molar-refractivity contribution in [2.75, 3.05) is 0 Å². The molecule has 2 aromatic rings. The largest absolute Gasteiger partial charge is 0.322 e. The number of hydrogen-bond donors (Lipinski definition) is 1. The van der Waals surface area contributed by atoms with Gasteiger partial charge in [-0.3, -0.25) is 24.5 Å². The molecule has 3 amide bonds. The average Bonchev–Trinajstić information content (AvgIpc) is 3.03. The van der Waals surface area contributed by atoms with Crippen molar-refractivity contribution in [1.29, 1.82) is 0 Å². The second-order valence-corrected chi connectivity index (χ2v) is 7.59. The van der Waals surface area contributed by atoms with Gasteiger partial charge in [-0.15, -0.1) is 0 Å². The molecular weight excluding hydrogens is 368 g/mol. The van der Waals surface area contributed by atoms with E-state index in [1.807, 2.05) is 42.5 Å². The van der Waals surface area contributed by atoms with Crippen molar-refractivity contribution in [1.82, 2.24) is 10.2 Å². The maximum absolute atomic E-state index is 12.7. The third-order valence-corrected chi connectivity index (χ3v) is 5.52. The van der Waals surface area contributed by atoms with Crippen molar-refractivity contribution in [3.05, 3.63) is 70.8 Å². The van der Waals surface area contributed by atoms with E-state index in [0.29, 0.717) is 37.8 Å². The lowest BCUT2D eigenvalue weighted by Crippen LogP contribution is -2.52. The third kappa shape index (κ3) is 4.11. The first-order valence-corrected chi connectivity index (χ1v) is 9.83. The molecule has 2 aliphatic heterocycles. The van der Waals surface area contributed by atoms with E-state index in [2.05, 4.69) is 5.32 Å². The van der Waals surface area contributed by atoms with Crippen molar-refractivity contribution in [3.8, 4) is 0 Å². The van der Waals surface area contributed by atoms with Gasteiger partial charge in [0.1, 0.15) is 11.8 Å². The molecule has 148 valence electrons. The highest BCUT2D eigenvalue weighted by atomic mass is 16.2. The summed E-state index contributed by atoms with van der Waals surface area (Å²) in [5.41, 5.74) is 3.47. The number of nitrogens with one attached hydrogen (secondary N) is 1. The summed E-state index contributed by atoms with van der Waals surface area (Å²) < 4.78 is 0.